The van der Waals surface area contributed by atoms with Gasteiger partial charge in [0.2, 0.25) is 0 Å². The maximum atomic E-state index is 11.4. The zero-order chi connectivity index (χ0) is 10.8. The standard InChI is InChI=1S/C8H13Br2NO3/c1-2-14-7(13)11-5-3-4-8(9,10)6(11)12/h6,12H,2-5H2,1H3. The monoisotopic (exact) mass is 329 g/mol. The molecule has 1 aliphatic rings. The van der Waals surface area contributed by atoms with Crippen LogP contribution in [0, 0.1) is 0 Å². The van der Waals surface area contributed by atoms with Gasteiger partial charge in [-0.2, -0.15) is 0 Å². The molecule has 82 valence electrons. The molecule has 0 aromatic rings. The molecule has 0 aromatic carbocycles. The Morgan fingerprint density at radius 1 is 1.71 bits per heavy atom. The fourth-order valence-corrected chi connectivity index (χ4v) is 2.42. The van der Waals surface area contributed by atoms with Crippen LogP contribution in [0.1, 0.15) is 19.8 Å². The molecule has 0 aliphatic carbocycles. The van der Waals surface area contributed by atoms with Gasteiger partial charge in [0.25, 0.3) is 0 Å². The van der Waals surface area contributed by atoms with Crippen molar-refractivity contribution in [2.45, 2.75) is 29.2 Å². The smallest absolute Gasteiger partial charge is 0.411 e. The highest BCUT2D eigenvalue weighted by Crippen LogP contribution is 2.40. The van der Waals surface area contributed by atoms with E-state index in [0.717, 1.165) is 12.8 Å². The Morgan fingerprint density at radius 3 is 2.93 bits per heavy atom. The Hall–Kier alpha value is 0.190. The molecule has 14 heavy (non-hydrogen) atoms. The second kappa shape index (κ2) is 4.81. The number of likely N-dealkylation sites (tertiary alicyclic amines) is 1. The minimum Gasteiger partial charge on any atom is -0.450 e. The summed E-state index contributed by atoms with van der Waals surface area (Å²) in [5.41, 5.74) is 0. The number of ether oxygens (including phenoxy) is 1. The van der Waals surface area contributed by atoms with E-state index in [1.165, 1.54) is 4.90 Å². The minimum atomic E-state index is -0.893. The molecule has 1 atom stereocenters. The highest BCUT2D eigenvalue weighted by Gasteiger charge is 2.42. The molecular weight excluding hydrogens is 318 g/mol. The summed E-state index contributed by atoms with van der Waals surface area (Å²) in [6, 6.07) is 0. The average molecular weight is 331 g/mol. The molecule has 1 N–H and O–H groups in total. The van der Waals surface area contributed by atoms with Crippen molar-refractivity contribution in [1.82, 2.24) is 4.90 Å². The molecule has 4 nitrogen and oxygen atoms in total. The largest absolute Gasteiger partial charge is 0.450 e. The Balaban J connectivity index is 2.65. The topological polar surface area (TPSA) is 49.8 Å². The Labute approximate surface area is 99.9 Å². The molecular formula is C8H13Br2NO3. The third-order valence-corrected chi connectivity index (χ3v) is 3.70. The van der Waals surface area contributed by atoms with Crippen LogP contribution in [0.4, 0.5) is 4.79 Å². The van der Waals surface area contributed by atoms with E-state index >= 15 is 0 Å². The van der Waals surface area contributed by atoms with Crippen molar-refractivity contribution >= 4 is 38.0 Å². The first-order chi connectivity index (χ1) is 6.49. The van der Waals surface area contributed by atoms with Crippen molar-refractivity contribution < 1.29 is 14.6 Å². The number of hydrogen-bond donors (Lipinski definition) is 1. The molecule has 0 bridgehead atoms. The lowest BCUT2D eigenvalue weighted by Crippen LogP contribution is -2.53. The molecule has 0 saturated carbocycles. The van der Waals surface area contributed by atoms with E-state index in [9.17, 15) is 9.90 Å². The van der Waals surface area contributed by atoms with Crippen LogP contribution in [-0.4, -0.2) is 38.7 Å². The van der Waals surface area contributed by atoms with E-state index in [4.69, 9.17) is 4.74 Å². The Morgan fingerprint density at radius 2 is 2.36 bits per heavy atom. The molecule has 1 unspecified atom stereocenters. The van der Waals surface area contributed by atoms with E-state index in [0.29, 0.717) is 13.2 Å². The van der Waals surface area contributed by atoms with Crippen LogP contribution in [0.25, 0.3) is 0 Å². The number of alkyl halides is 2. The van der Waals surface area contributed by atoms with Crippen molar-refractivity contribution in [3.05, 3.63) is 0 Å². The summed E-state index contributed by atoms with van der Waals surface area (Å²) in [6.07, 6.45) is 0.231. The van der Waals surface area contributed by atoms with Gasteiger partial charge in [0.15, 0.2) is 6.23 Å². The van der Waals surface area contributed by atoms with Crippen LogP contribution in [0.3, 0.4) is 0 Å². The molecule has 1 saturated heterocycles. The van der Waals surface area contributed by atoms with Gasteiger partial charge in [-0.1, -0.05) is 31.9 Å². The molecule has 1 fully saturated rings. The number of halogens is 2. The number of hydrogen-bond acceptors (Lipinski definition) is 3. The quantitative estimate of drug-likeness (QED) is 0.748. The van der Waals surface area contributed by atoms with Crippen LogP contribution >= 0.6 is 31.9 Å². The third-order valence-electron chi connectivity index (χ3n) is 2.08. The molecule has 1 heterocycles. The SMILES string of the molecule is CCOC(=O)N1CCCC(Br)(Br)C1O. The van der Waals surface area contributed by atoms with Gasteiger partial charge in [-0.05, 0) is 19.8 Å². The molecule has 1 amide bonds. The Kier molecular flexibility index (Phi) is 4.21. The lowest BCUT2D eigenvalue weighted by molar-refractivity contribution is -0.0204. The molecule has 0 aromatic heterocycles. The number of carbonyl (C=O) groups excluding carboxylic acids is 1. The van der Waals surface area contributed by atoms with E-state index < -0.39 is 15.6 Å². The van der Waals surface area contributed by atoms with Gasteiger partial charge in [0.05, 0.1) is 6.61 Å². The van der Waals surface area contributed by atoms with E-state index in [1.54, 1.807) is 6.92 Å². The lowest BCUT2D eigenvalue weighted by Gasteiger charge is -2.39. The number of piperidine rings is 1. The van der Waals surface area contributed by atoms with Gasteiger partial charge in [0.1, 0.15) is 3.23 Å². The van der Waals surface area contributed by atoms with Crippen molar-refractivity contribution in [2.24, 2.45) is 0 Å². The number of aliphatic hydroxyl groups excluding tert-OH is 1. The average Bonchev–Trinajstić information content (AvgIpc) is 2.10. The van der Waals surface area contributed by atoms with Gasteiger partial charge in [-0.25, -0.2) is 4.79 Å². The van der Waals surface area contributed by atoms with Crippen molar-refractivity contribution in [1.29, 1.82) is 0 Å². The zero-order valence-corrected chi connectivity index (χ0v) is 11.0. The normalized spacial score (nSPS) is 26.0. The zero-order valence-electron chi connectivity index (χ0n) is 7.87. The van der Waals surface area contributed by atoms with E-state index in [2.05, 4.69) is 31.9 Å². The highest BCUT2D eigenvalue weighted by molar-refractivity contribution is 9.25. The molecule has 1 aliphatic heterocycles. The number of aliphatic hydroxyl groups is 1. The van der Waals surface area contributed by atoms with Crippen molar-refractivity contribution in [3.8, 4) is 0 Å². The van der Waals surface area contributed by atoms with Gasteiger partial charge in [0, 0.05) is 6.54 Å². The summed E-state index contributed by atoms with van der Waals surface area (Å²) in [6.45, 7) is 2.59. The second-order valence-electron chi connectivity index (χ2n) is 3.13. The van der Waals surface area contributed by atoms with E-state index in [1.807, 2.05) is 0 Å². The first-order valence-electron chi connectivity index (χ1n) is 4.48. The number of nitrogens with zero attached hydrogens (tertiary/aromatic N) is 1. The van der Waals surface area contributed by atoms with Crippen LogP contribution in [0.15, 0.2) is 0 Å². The predicted octanol–water partition coefficient (Wildman–Crippen LogP) is 2.04. The van der Waals surface area contributed by atoms with E-state index in [-0.39, 0.29) is 0 Å². The second-order valence-corrected chi connectivity index (χ2v) is 7.02. The molecule has 0 spiro atoms. The first kappa shape index (κ1) is 12.3. The molecule has 1 rings (SSSR count). The summed E-state index contributed by atoms with van der Waals surface area (Å²) < 4.78 is 4.22. The van der Waals surface area contributed by atoms with Crippen LogP contribution in [0.2, 0.25) is 0 Å². The fraction of sp³-hybridized carbons (Fsp3) is 0.875. The first-order valence-corrected chi connectivity index (χ1v) is 6.07. The van der Waals surface area contributed by atoms with Crippen LogP contribution in [-0.2, 0) is 4.74 Å². The predicted molar refractivity (Wildman–Crippen MR) is 59.6 cm³/mol. The van der Waals surface area contributed by atoms with Gasteiger partial charge < -0.3 is 9.84 Å². The number of carbonyl (C=O) groups is 1. The van der Waals surface area contributed by atoms with Gasteiger partial charge in [-0.15, -0.1) is 0 Å². The summed E-state index contributed by atoms with van der Waals surface area (Å²) in [5, 5.41) is 9.83. The lowest BCUT2D eigenvalue weighted by atomic mass is 10.1. The van der Waals surface area contributed by atoms with Crippen molar-refractivity contribution in [2.75, 3.05) is 13.2 Å². The molecule has 0 radical (unpaired) electrons. The van der Waals surface area contributed by atoms with Gasteiger partial charge in [-0.3, -0.25) is 4.90 Å². The summed E-state index contributed by atoms with van der Waals surface area (Å²) in [4.78, 5) is 12.7. The third kappa shape index (κ3) is 2.61. The maximum Gasteiger partial charge on any atom is 0.411 e. The van der Waals surface area contributed by atoms with Gasteiger partial charge >= 0.3 is 6.09 Å². The van der Waals surface area contributed by atoms with Crippen molar-refractivity contribution in [3.63, 3.8) is 0 Å². The fourth-order valence-electron chi connectivity index (χ4n) is 1.36. The summed E-state index contributed by atoms with van der Waals surface area (Å²) in [5.74, 6) is 0. The molecule has 6 heteroatoms. The Bertz CT molecular complexity index is 223. The minimum absolute atomic E-state index is 0.319. The maximum absolute atomic E-state index is 11.4. The summed E-state index contributed by atoms with van der Waals surface area (Å²) >= 11 is 6.67. The highest BCUT2D eigenvalue weighted by atomic mass is 79.9. The summed E-state index contributed by atoms with van der Waals surface area (Å²) in [7, 11) is 0. The number of rotatable bonds is 1. The van der Waals surface area contributed by atoms with Crippen LogP contribution < -0.4 is 0 Å². The number of amides is 1. The van der Waals surface area contributed by atoms with Crippen LogP contribution in [0.5, 0.6) is 0 Å².